The lowest BCUT2D eigenvalue weighted by Gasteiger charge is -2.33. The van der Waals surface area contributed by atoms with Crippen molar-refractivity contribution in [3.05, 3.63) is 34.9 Å². The Kier molecular flexibility index (Phi) is 7.48. The minimum absolute atomic E-state index is 0.00776. The highest BCUT2D eigenvalue weighted by atomic mass is 35.5. The highest BCUT2D eigenvalue weighted by molar-refractivity contribution is 7.99. The second-order valence-corrected chi connectivity index (χ2v) is 8.84. The molecule has 0 radical (unpaired) electrons. The molecule has 1 aromatic rings. The van der Waals surface area contributed by atoms with E-state index in [4.69, 9.17) is 16.3 Å². The molecule has 0 aromatic heterocycles. The van der Waals surface area contributed by atoms with Gasteiger partial charge in [-0.05, 0) is 25.3 Å². The molecule has 1 aliphatic heterocycles. The van der Waals surface area contributed by atoms with Crippen LogP contribution in [0.5, 0.6) is 0 Å². The Hall–Kier alpha value is -1.20. The van der Waals surface area contributed by atoms with Crippen LogP contribution < -0.4 is 0 Å². The summed E-state index contributed by atoms with van der Waals surface area (Å²) in [4.78, 5) is 27.9. The van der Waals surface area contributed by atoms with E-state index in [1.54, 1.807) is 16.7 Å². The summed E-state index contributed by atoms with van der Waals surface area (Å²) < 4.78 is 5.47. The molecule has 1 heterocycles. The van der Waals surface area contributed by atoms with Crippen molar-refractivity contribution < 1.29 is 14.3 Å². The zero-order valence-corrected chi connectivity index (χ0v) is 17.4. The molecule has 2 fully saturated rings. The molecular formula is C21H28ClNO3S. The Bertz CT molecular complexity index is 663. The van der Waals surface area contributed by atoms with Gasteiger partial charge in [0.05, 0.1) is 6.61 Å². The maximum Gasteiger partial charge on any atom is 0.329 e. The highest BCUT2D eigenvalue weighted by Crippen LogP contribution is 2.45. The normalized spacial score (nSPS) is 23.4. The smallest absolute Gasteiger partial charge is 0.329 e. The molecule has 0 N–H and O–H groups in total. The largest absolute Gasteiger partial charge is 0.464 e. The van der Waals surface area contributed by atoms with Crippen molar-refractivity contribution in [2.24, 2.45) is 5.92 Å². The lowest BCUT2D eigenvalue weighted by atomic mass is 9.88. The third-order valence-corrected chi connectivity index (χ3v) is 7.04. The third kappa shape index (κ3) is 4.80. The minimum Gasteiger partial charge on any atom is -0.464 e. The van der Waals surface area contributed by atoms with Gasteiger partial charge in [-0.25, -0.2) is 4.79 Å². The van der Waals surface area contributed by atoms with Crippen molar-refractivity contribution in [3.8, 4) is 0 Å². The molecule has 6 heteroatoms. The number of hydrogen-bond acceptors (Lipinski definition) is 4. The summed E-state index contributed by atoms with van der Waals surface area (Å²) >= 11 is 8.03. The third-order valence-electron chi connectivity index (χ3n) is 5.39. The topological polar surface area (TPSA) is 46.6 Å². The van der Waals surface area contributed by atoms with Crippen LogP contribution in [-0.2, 0) is 14.3 Å². The Balaban J connectivity index is 1.83. The highest BCUT2D eigenvalue weighted by Gasteiger charge is 2.45. The first-order valence-electron chi connectivity index (χ1n) is 9.98. The number of amides is 1. The molecule has 148 valence electrons. The van der Waals surface area contributed by atoms with E-state index in [0.717, 1.165) is 44.1 Å². The van der Waals surface area contributed by atoms with Crippen LogP contribution in [0.15, 0.2) is 24.3 Å². The molecule has 1 aromatic carbocycles. The number of carbonyl (C=O) groups excluding carboxylic acids is 2. The van der Waals surface area contributed by atoms with Gasteiger partial charge in [0.1, 0.15) is 11.4 Å². The first kappa shape index (κ1) is 20.5. The number of esters is 1. The molecule has 1 saturated carbocycles. The summed E-state index contributed by atoms with van der Waals surface area (Å²) in [6, 6.07) is 7.08. The first-order valence-corrected chi connectivity index (χ1v) is 11.4. The molecule has 27 heavy (non-hydrogen) atoms. The quantitative estimate of drug-likeness (QED) is 0.478. The van der Waals surface area contributed by atoms with Gasteiger partial charge in [-0.3, -0.25) is 4.79 Å². The summed E-state index contributed by atoms with van der Waals surface area (Å²) in [5, 5.41) is 0.410. The maximum absolute atomic E-state index is 13.4. The van der Waals surface area contributed by atoms with E-state index in [-0.39, 0.29) is 23.2 Å². The molecule has 2 atom stereocenters. The summed E-state index contributed by atoms with van der Waals surface area (Å²) in [5.74, 6) is 0.365. The number of carbonyl (C=O) groups is 2. The fourth-order valence-electron chi connectivity index (χ4n) is 3.85. The minimum atomic E-state index is -0.525. The van der Waals surface area contributed by atoms with Crippen molar-refractivity contribution >= 4 is 35.2 Å². The van der Waals surface area contributed by atoms with Crippen LogP contribution in [0.25, 0.3) is 0 Å². The van der Waals surface area contributed by atoms with Gasteiger partial charge in [0.15, 0.2) is 0 Å². The Morgan fingerprint density at radius 2 is 1.96 bits per heavy atom. The second-order valence-electron chi connectivity index (χ2n) is 7.32. The molecule has 1 saturated heterocycles. The Labute approximate surface area is 171 Å². The van der Waals surface area contributed by atoms with Crippen LogP contribution >= 0.6 is 23.4 Å². The van der Waals surface area contributed by atoms with Gasteiger partial charge >= 0.3 is 5.97 Å². The van der Waals surface area contributed by atoms with E-state index in [1.165, 1.54) is 6.42 Å². The number of rotatable bonds is 6. The average molecular weight is 410 g/mol. The molecule has 2 aliphatic rings. The number of hydrogen-bond donors (Lipinski definition) is 0. The lowest BCUT2D eigenvalue weighted by molar-refractivity contribution is -0.156. The zero-order valence-electron chi connectivity index (χ0n) is 15.9. The fourth-order valence-corrected chi connectivity index (χ4v) is 5.61. The molecular weight excluding hydrogens is 382 g/mol. The standard InChI is InChI=1S/C21H28ClNO3S/c1-2-3-13-26-21(25)18-14-27-20(16-11-7-8-12-17(16)22)23(18)19(24)15-9-5-4-6-10-15/h7-8,11-12,15,18,20H,2-6,9-10,13-14H2,1H3/t18-,20-/m1/s1. The lowest BCUT2D eigenvalue weighted by Crippen LogP contribution is -2.46. The molecule has 0 spiro atoms. The van der Waals surface area contributed by atoms with Crippen LogP contribution in [0, 0.1) is 5.92 Å². The average Bonchev–Trinajstić information content (AvgIpc) is 3.13. The molecule has 1 amide bonds. The van der Waals surface area contributed by atoms with Gasteiger partial charge in [-0.2, -0.15) is 0 Å². The van der Waals surface area contributed by atoms with Crippen molar-refractivity contribution in [1.82, 2.24) is 4.90 Å². The van der Waals surface area contributed by atoms with Crippen LogP contribution in [0.2, 0.25) is 5.02 Å². The van der Waals surface area contributed by atoms with E-state index in [2.05, 4.69) is 6.92 Å². The Morgan fingerprint density at radius 3 is 2.67 bits per heavy atom. The molecule has 0 bridgehead atoms. The Morgan fingerprint density at radius 1 is 1.22 bits per heavy atom. The molecule has 0 unspecified atom stereocenters. The van der Waals surface area contributed by atoms with Crippen LogP contribution in [0.3, 0.4) is 0 Å². The number of benzene rings is 1. The number of ether oxygens (including phenoxy) is 1. The van der Waals surface area contributed by atoms with Crippen LogP contribution in [-0.4, -0.2) is 35.2 Å². The van der Waals surface area contributed by atoms with E-state index in [0.29, 0.717) is 17.4 Å². The van der Waals surface area contributed by atoms with Gasteiger partial charge in [0, 0.05) is 22.3 Å². The van der Waals surface area contributed by atoms with Gasteiger partial charge in [-0.1, -0.05) is 62.4 Å². The first-order chi connectivity index (χ1) is 13.1. The van der Waals surface area contributed by atoms with Gasteiger partial charge in [-0.15, -0.1) is 11.8 Å². The predicted molar refractivity (Wildman–Crippen MR) is 110 cm³/mol. The zero-order chi connectivity index (χ0) is 19.2. The summed E-state index contributed by atoms with van der Waals surface area (Å²) in [7, 11) is 0. The summed E-state index contributed by atoms with van der Waals surface area (Å²) in [5.41, 5.74) is 0.900. The van der Waals surface area contributed by atoms with Gasteiger partial charge in [0.25, 0.3) is 0 Å². The van der Waals surface area contributed by atoms with Gasteiger partial charge < -0.3 is 9.64 Å². The van der Waals surface area contributed by atoms with E-state index >= 15 is 0 Å². The number of unbranched alkanes of at least 4 members (excludes halogenated alkanes) is 1. The molecule has 4 nitrogen and oxygen atoms in total. The number of halogens is 1. The SMILES string of the molecule is CCCCOC(=O)[C@H]1CS[C@H](c2ccccc2Cl)N1C(=O)C1CCCCC1. The number of nitrogens with zero attached hydrogens (tertiary/aromatic N) is 1. The second kappa shape index (κ2) is 9.83. The van der Waals surface area contributed by atoms with Crippen LogP contribution in [0.1, 0.15) is 62.8 Å². The summed E-state index contributed by atoms with van der Waals surface area (Å²) in [6.07, 6.45) is 6.99. The van der Waals surface area contributed by atoms with E-state index in [9.17, 15) is 9.59 Å². The van der Waals surface area contributed by atoms with E-state index in [1.807, 2.05) is 24.3 Å². The van der Waals surface area contributed by atoms with Crippen molar-refractivity contribution in [2.45, 2.75) is 63.3 Å². The summed E-state index contributed by atoms with van der Waals surface area (Å²) in [6.45, 7) is 2.48. The van der Waals surface area contributed by atoms with Crippen LogP contribution in [0.4, 0.5) is 0 Å². The maximum atomic E-state index is 13.4. The monoisotopic (exact) mass is 409 g/mol. The molecule has 1 aliphatic carbocycles. The van der Waals surface area contributed by atoms with E-state index < -0.39 is 6.04 Å². The van der Waals surface area contributed by atoms with Crippen molar-refractivity contribution in [2.75, 3.05) is 12.4 Å². The predicted octanol–water partition coefficient (Wildman–Crippen LogP) is 5.21. The fraction of sp³-hybridized carbons (Fsp3) is 0.619. The van der Waals surface area contributed by atoms with Crippen molar-refractivity contribution in [1.29, 1.82) is 0 Å². The number of thioether (sulfide) groups is 1. The van der Waals surface area contributed by atoms with Gasteiger partial charge in [0.2, 0.25) is 5.91 Å². The van der Waals surface area contributed by atoms with Crippen molar-refractivity contribution in [3.63, 3.8) is 0 Å². The molecule has 3 rings (SSSR count).